The normalized spacial score (nSPS) is 23.1. The molecule has 2 rings (SSSR count). The van der Waals surface area contributed by atoms with Gasteiger partial charge in [0.15, 0.2) is 0 Å². The molecular formula is C15H24N2O. The summed E-state index contributed by atoms with van der Waals surface area (Å²) in [5.41, 5.74) is 2.37. The third kappa shape index (κ3) is 2.96. The van der Waals surface area contributed by atoms with E-state index in [9.17, 15) is 5.11 Å². The molecule has 100 valence electrons. The summed E-state index contributed by atoms with van der Waals surface area (Å²) in [4.78, 5) is 2.33. The number of aliphatic hydroxyl groups excluding tert-OH is 1. The molecule has 0 unspecified atom stereocenters. The third-order valence-electron chi connectivity index (χ3n) is 3.83. The van der Waals surface area contributed by atoms with Gasteiger partial charge in [0.25, 0.3) is 0 Å². The molecule has 0 spiro atoms. The van der Waals surface area contributed by atoms with Gasteiger partial charge in [-0.2, -0.15) is 0 Å². The topological polar surface area (TPSA) is 35.5 Å². The van der Waals surface area contributed by atoms with Crippen LogP contribution in [-0.2, 0) is 0 Å². The molecule has 2 N–H and O–H groups in total. The summed E-state index contributed by atoms with van der Waals surface area (Å²) in [6.45, 7) is 6.41. The van der Waals surface area contributed by atoms with E-state index in [4.69, 9.17) is 0 Å². The van der Waals surface area contributed by atoms with Gasteiger partial charge >= 0.3 is 0 Å². The highest BCUT2D eigenvalue weighted by atomic mass is 16.3. The van der Waals surface area contributed by atoms with Crippen LogP contribution in [0.25, 0.3) is 0 Å². The number of hydrogen-bond acceptors (Lipinski definition) is 3. The summed E-state index contributed by atoms with van der Waals surface area (Å²) in [6, 6.07) is 8.74. The first-order valence-electron chi connectivity index (χ1n) is 7.04. The molecule has 0 bridgehead atoms. The standard InChI is InChI=1S/C15H24N2O/c1-3-17(4-2)13-10-8-12(9-11-13)16-14-6-5-7-15(14)18/h8-11,14-16,18H,3-7H2,1-2H3/t14-,15-/m0/s1. The van der Waals surface area contributed by atoms with Crippen LogP contribution in [0.2, 0.25) is 0 Å². The molecule has 0 aromatic heterocycles. The molecule has 0 aliphatic heterocycles. The van der Waals surface area contributed by atoms with Crippen LogP contribution < -0.4 is 10.2 Å². The highest BCUT2D eigenvalue weighted by Crippen LogP contribution is 2.24. The summed E-state index contributed by atoms with van der Waals surface area (Å²) >= 11 is 0. The SMILES string of the molecule is CCN(CC)c1ccc(N[C@H]2CCC[C@@H]2O)cc1. The predicted molar refractivity (Wildman–Crippen MR) is 77.3 cm³/mol. The van der Waals surface area contributed by atoms with Crippen molar-refractivity contribution < 1.29 is 5.11 Å². The summed E-state index contributed by atoms with van der Waals surface area (Å²) in [6.07, 6.45) is 2.93. The molecule has 2 atom stereocenters. The molecule has 18 heavy (non-hydrogen) atoms. The third-order valence-corrected chi connectivity index (χ3v) is 3.83. The van der Waals surface area contributed by atoms with Crippen molar-refractivity contribution in [2.75, 3.05) is 23.3 Å². The van der Waals surface area contributed by atoms with E-state index >= 15 is 0 Å². The fraction of sp³-hybridized carbons (Fsp3) is 0.600. The van der Waals surface area contributed by atoms with Gasteiger partial charge in [-0.25, -0.2) is 0 Å². The van der Waals surface area contributed by atoms with Crippen LogP contribution in [0, 0.1) is 0 Å². The molecule has 1 aliphatic carbocycles. The van der Waals surface area contributed by atoms with Crippen molar-refractivity contribution in [3.63, 3.8) is 0 Å². The van der Waals surface area contributed by atoms with E-state index < -0.39 is 0 Å². The minimum Gasteiger partial charge on any atom is -0.391 e. The Morgan fingerprint density at radius 2 is 1.83 bits per heavy atom. The molecule has 3 nitrogen and oxygen atoms in total. The first-order chi connectivity index (χ1) is 8.74. The van der Waals surface area contributed by atoms with Crippen molar-refractivity contribution in [3.8, 4) is 0 Å². The van der Waals surface area contributed by atoms with Crippen molar-refractivity contribution in [1.82, 2.24) is 0 Å². The molecule has 0 amide bonds. The zero-order valence-corrected chi connectivity index (χ0v) is 11.4. The Morgan fingerprint density at radius 3 is 2.33 bits per heavy atom. The average Bonchev–Trinajstić information content (AvgIpc) is 2.79. The van der Waals surface area contributed by atoms with Crippen LogP contribution in [-0.4, -0.2) is 30.3 Å². The number of benzene rings is 1. The molecule has 0 heterocycles. The fourth-order valence-electron chi connectivity index (χ4n) is 2.68. The lowest BCUT2D eigenvalue weighted by molar-refractivity contribution is 0.172. The van der Waals surface area contributed by atoms with Crippen molar-refractivity contribution in [1.29, 1.82) is 0 Å². The van der Waals surface area contributed by atoms with Crippen LogP contribution >= 0.6 is 0 Å². The number of nitrogens with zero attached hydrogens (tertiary/aromatic N) is 1. The van der Waals surface area contributed by atoms with Gasteiger partial charge in [0.1, 0.15) is 0 Å². The predicted octanol–water partition coefficient (Wildman–Crippen LogP) is 2.86. The Kier molecular flexibility index (Phi) is 4.48. The molecular weight excluding hydrogens is 224 g/mol. The Bertz CT molecular complexity index is 359. The van der Waals surface area contributed by atoms with E-state index in [1.165, 1.54) is 5.69 Å². The van der Waals surface area contributed by atoms with Crippen LogP contribution in [0.3, 0.4) is 0 Å². The summed E-state index contributed by atoms with van der Waals surface area (Å²) < 4.78 is 0. The lowest BCUT2D eigenvalue weighted by atomic mass is 10.2. The summed E-state index contributed by atoms with van der Waals surface area (Å²) in [7, 11) is 0. The van der Waals surface area contributed by atoms with Gasteiger partial charge in [-0.1, -0.05) is 0 Å². The van der Waals surface area contributed by atoms with E-state index in [0.29, 0.717) is 0 Å². The van der Waals surface area contributed by atoms with Crippen LogP contribution in [0.5, 0.6) is 0 Å². The Balaban J connectivity index is 1.99. The van der Waals surface area contributed by atoms with E-state index in [1.54, 1.807) is 0 Å². The van der Waals surface area contributed by atoms with Crippen molar-refractivity contribution in [2.24, 2.45) is 0 Å². The number of hydrogen-bond donors (Lipinski definition) is 2. The maximum absolute atomic E-state index is 9.80. The second-order valence-electron chi connectivity index (χ2n) is 4.97. The van der Waals surface area contributed by atoms with Crippen LogP contribution in [0.4, 0.5) is 11.4 Å². The van der Waals surface area contributed by atoms with Gasteiger partial charge in [0.05, 0.1) is 12.1 Å². The van der Waals surface area contributed by atoms with Crippen molar-refractivity contribution in [2.45, 2.75) is 45.3 Å². The minimum atomic E-state index is -0.188. The van der Waals surface area contributed by atoms with E-state index in [1.807, 2.05) is 0 Å². The Labute approximate surface area is 110 Å². The molecule has 1 aliphatic rings. The zero-order valence-electron chi connectivity index (χ0n) is 11.4. The number of nitrogens with one attached hydrogen (secondary N) is 1. The lowest BCUT2D eigenvalue weighted by Crippen LogP contribution is -2.27. The zero-order chi connectivity index (χ0) is 13.0. The number of anilines is 2. The molecule has 1 saturated carbocycles. The van der Waals surface area contributed by atoms with Gasteiger partial charge in [-0.3, -0.25) is 0 Å². The molecule has 0 radical (unpaired) electrons. The molecule has 1 fully saturated rings. The molecule has 0 saturated heterocycles. The van der Waals surface area contributed by atoms with E-state index in [-0.39, 0.29) is 12.1 Å². The maximum Gasteiger partial charge on any atom is 0.0741 e. The lowest BCUT2D eigenvalue weighted by Gasteiger charge is -2.22. The fourth-order valence-corrected chi connectivity index (χ4v) is 2.68. The number of aliphatic hydroxyl groups is 1. The van der Waals surface area contributed by atoms with Gasteiger partial charge in [0, 0.05) is 24.5 Å². The molecule has 1 aromatic carbocycles. The quantitative estimate of drug-likeness (QED) is 0.841. The Hall–Kier alpha value is -1.22. The molecule has 3 heteroatoms. The second kappa shape index (κ2) is 6.10. The van der Waals surface area contributed by atoms with Gasteiger partial charge in [0.2, 0.25) is 0 Å². The van der Waals surface area contributed by atoms with E-state index in [2.05, 4.69) is 48.3 Å². The first-order valence-corrected chi connectivity index (χ1v) is 7.04. The monoisotopic (exact) mass is 248 g/mol. The average molecular weight is 248 g/mol. The maximum atomic E-state index is 9.80. The van der Waals surface area contributed by atoms with Gasteiger partial charge < -0.3 is 15.3 Å². The van der Waals surface area contributed by atoms with Crippen LogP contribution in [0.15, 0.2) is 24.3 Å². The summed E-state index contributed by atoms with van der Waals surface area (Å²) in [5.74, 6) is 0. The van der Waals surface area contributed by atoms with Crippen molar-refractivity contribution >= 4 is 11.4 Å². The smallest absolute Gasteiger partial charge is 0.0741 e. The van der Waals surface area contributed by atoms with E-state index in [0.717, 1.165) is 38.0 Å². The van der Waals surface area contributed by atoms with Crippen molar-refractivity contribution in [3.05, 3.63) is 24.3 Å². The Morgan fingerprint density at radius 1 is 1.17 bits per heavy atom. The van der Waals surface area contributed by atoms with Gasteiger partial charge in [-0.15, -0.1) is 0 Å². The van der Waals surface area contributed by atoms with Gasteiger partial charge in [-0.05, 0) is 57.4 Å². The minimum absolute atomic E-state index is 0.188. The first kappa shape index (κ1) is 13.2. The largest absolute Gasteiger partial charge is 0.391 e. The highest BCUT2D eigenvalue weighted by molar-refractivity contribution is 5.55. The van der Waals surface area contributed by atoms with Crippen LogP contribution in [0.1, 0.15) is 33.1 Å². The number of rotatable bonds is 5. The highest BCUT2D eigenvalue weighted by Gasteiger charge is 2.24. The molecule has 1 aromatic rings. The summed E-state index contributed by atoms with van der Waals surface area (Å²) in [5, 5.41) is 13.2. The second-order valence-corrected chi connectivity index (χ2v) is 4.97.